The number of halogens is 4. The average molecular weight is 424 g/mol. The van der Waals surface area contributed by atoms with E-state index in [1.54, 1.807) is 48.0 Å². The number of aryl methyl sites for hydroxylation is 1. The molecule has 0 saturated carbocycles. The van der Waals surface area contributed by atoms with Gasteiger partial charge in [0.15, 0.2) is 0 Å². The molecule has 1 amide bonds. The van der Waals surface area contributed by atoms with Gasteiger partial charge in [0.2, 0.25) is 0 Å². The number of carbonyl (C=O) groups excluding carboxylic acids is 1. The molecule has 0 aliphatic carbocycles. The zero-order valence-electron chi connectivity index (χ0n) is 15.3. The summed E-state index contributed by atoms with van der Waals surface area (Å²) in [5, 5.41) is 7.70. The summed E-state index contributed by atoms with van der Waals surface area (Å²) in [5.41, 5.74) is 2.28. The Morgan fingerprint density at radius 2 is 1.90 bits per heavy atom. The number of rotatable bonds is 6. The SMILES string of the molecule is Cc1cc(NC(=O)c2ccc(COCC(F)(F)F)cc2)n(-c2cccc(Cl)c2)n1. The van der Waals surface area contributed by atoms with Crippen molar-refractivity contribution < 1.29 is 22.7 Å². The second-order valence-electron chi connectivity index (χ2n) is 6.32. The lowest BCUT2D eigenvalue weighted by Crippen LogP contribution is -2.17. The first-order valence-electron chi connectivity index (χ1n) is 8.59. The van der Waals surface area contributed by atoms with Gasteiger partial charge in [0.1, 0.15) is 12.4 Å². The fourth-order valence-corrected chi connectivity index (χ4v) is 2.80. The van der Waals surface area contributed by atoms with Crippen LogP contribution in [0.4, 0.5) is 19.0 Å². The van der Waals surface area contributed by atoms with Crippen molar-refractivity contribution in [3.63, 3.8) is 0 Å². The third-order valence-electron chi connectivity index (χ3n) is 3.88. The fraction of sp³-hybridized carbons (Fsp3) is 0.200. The number of hydrogen-bond acceptors (Lipinski definition) is 3. The summed E-state index contributed by atoms with van der Waals surface area (Å²) in [4.78, 5) is 12.6. The van der Waals surface area contributed by atoms with Crippen LogP contribution in [0.25, 0.3) is 5.69 Å². The molecule has 0 aliphatic heterocycles. The van der Waals surface area contributed by atoms with Crippen LogP contribution in [-0.4, -0.2) is 28.5 Å². The molecule has 0 radical (unpaired) electrons. The molecule has 0 bridgehead atoms. The maximum atomic E-state index is 12.6. The van der Waals surface area contributed by atoms with Gasteiger partial charge in [0.25, 0.3) is 5.91 Å². The summed E-state index contributed by atoms with van der Waals surface area (Å²) in [6.45, 7) is 0.288. The van der Waals surface area contributed by atoms with Crippen LogP contribution in [0.1, 0.15) is 21.6 Å². The molecule has 1 heterocycles. The second-order valence-corrected chi connectivity index (χ2v) is 6.76. The lowest BCUT2D eigenvalue weighted by atomic mass is 10.1. The number of anilines is 1. The van der Waals surface area contributed by atoms with Crippen molar-refractivity contribution in [2.75, 3.05) is 11.9 Å². The standard InChI is InChI=1S/C20H17ClF3N3O2/c1-13-9-18(27(26-13)17-4-2-3-16(21)10-17)25-19(28)15-7-5-14(6-8-15)11-29-12-20(22,23)24/h2-10H,11-12H2,1H3,(H,25,28). The van der Waals surface area contributed by atoms with Crippen molar-refractivity contribution in [1.29, 1.82) is 0 Å². The Bertz CT molecular complexity index is 1000. The smallest absolute Gasteiger partial charge is 0.367 e. The molecular weight excluding hydrogens is 407 g/mol. The Kier molecular flexibility index (Phi) is 6.24. The van der Waals surface area contributed by atoms with E-state index in [4.69, 9.17) is 11.6 Å². The van der Waals surface area contributed by atoms with Crippen molar-refractivity contribution in [3.8, 4) is 5.69 Å². The second kappa shape index (κ2) is 8.67. The van der Waals surface area contributed by atoms with E-state index in [9.17, 15) is 18.0 Å². The van der Waals surface area contributed by atoms with Gasteiger partial charge in [-0.25, -0.2) is 4.68 Å². The van der Waals surface area contributed by atoms with Crippen LogP contribution in [0, 0.1) is 6.92 Å². The first-order valence-corrected chi connectivity index (χ1v) is 8.96. The molecule has 0 spiro atoms. The Labute approximate surface area is 170 Å². The van der Waals surface area contributed by atoms with Gasteiger partial charge in [-0.1, -0.05) is 29.8 Å². The first kappa shape index (κ1) is 20.9. The number of hydrogen-bond donors (Lipinski definition) is 1. The summed E-state index contributed by atoms with van der Waals surface area (Å²) in [5.74, 6) is 0.0864. The summed E-state index contributed by atoms with van der Waals surface area (Å²) in [6, 6.07) is 14.9. The van der Waals surface area contributed by atoms with E-state index < -0.39 is 12.8 Å². The highest BCUT2D eigenvalue weighted by atomic mass is 35.5. The van der Waals surface area contributed by atoms with Gasteiger partial charge in [0, 0.05) is 16.7 Å². The zero-order chi connectivity index (χ0) is 21.0. The summed E-state index contributed by atoms with van der Waals surface area (Å²) in [7, 11) is 0. The number of ether oxygens (including phenoxy) is 1. The van der Waals surface area contributed by atoms with Gasteiger partial charge in [-0.05, 0) is 42.8 Å². The van der Waals surface area contributed by atoms with E-state index in [0.29, 0.717) is 33.3 Å². The van der Waals surface area contributed by atoms with Gasteiger partial charge < -0.3 is 10.1 Å². The Morgan fingerprint density at radius 3 is 2.55 bits per heavy atom. The minimum atomic E-state index is -4.37. The van der Waals surface area contributed by atoms with Crippen molar-refractivity contribution >= 4 is 23.3 Å². The van der Waals surface area contributed by atoms with E-state index in [2.05, 4.69) is 15.2 Å². The number of aromatic nitrogens is 2. The van der Waals surface area contributed by atoms with Crippen molar-refractivity contribution in [2.45, 2.75) is 19.7 Å². The molecule has 0 saturated heterocycles. The molecule has 0 unspecified atom stereocenters. The van der Waals surface area contributed by atoms with Gasteiger partial charge >= 0.3 is 6.18 Å². The molecule has 2 aromatic carbocycles. The van der Waals surface area contributed by atoms with Gasteiger partial charge in [-0.2, -0.15) is 18.3 Å². The first-order chi connectivity index (χ1) is 13.7. The highest BCUT2D eigenvalue weighted by molar-refractivity contribution is 6.30. The van der Waals surface area contributed by atoms with Crippen LogP contribution in [0.5, 0.6) is 0 Å². The summed E-state index contributed by atoms with van der Waals surface area (Å²) in [6.07, 6.45) is -4.37. The Balaban J connectivity index is 1.69. The minimum Gasteiger partial charge on any atom is -0.367 e. The van der Waals surface area contributed by atoms with Gasteiger partial charge in [-0.15, -0.1) is 0 Å². The third-order valence-corrected chi connectivity index (χ3v) is 4.11. The quantitative estimate of drug-likeness (QED) is 0.595. The molecule has 3 rings (SSSR count). The normalized spacial score (nSPS) is 11.5. The number of benzene rings is 2. The molecule has 0 atom stereocenters. The molecule has 9 heteroatoms. The van der Waals surface area contributed by atoms with Crippen LogP contribution in [0.3, 0.4) is 0 Å². The lowest BCUT2D eigenvalue weighted by Gasteiger charge is -2.10. The lowest BCUT2D eigenvalue weighted by molar-refractivity contribution is -0.176. The number of alkyl halides is 3. The van der Waals surface area contributed by atoms with E-state index in [1.807, 2.05) is 6.07 Å². The number of nitrogens with one attached hydrogen (secondary N) is 1. The van der Waals surface area contributed by atoms with E-state index in [0.717, 1.165) is 0 Å². The van der Waals surface area contributed by atoms with Gasteiger partial charge in [-0.3, -0.25) is 4.79 Å². The van der Waals surface area contributed by atoms with Crippen molar-refractivity contribution in [1.82, 2.24) is 9.78 Å². The molecule has 0 aliphatic rings. The minimum absolute atomic E-state index is 0.192. The van der Waals surface area contributed by atoms with Crippen molar-refractivity contribution in [3.05, 3.63) is 76.4 Å². The highest BCUT2D eigenvalue weighted by Crippen LogP contribution is 2.21. The number of amides is 1. The molecule has 29 heavy (non-hydrogen) atoms. The molecule has 0 fully saturated rings. The topological polar surface area (TPSA) is 56.1 Å². The number of carbonyl (C=O) groups is 1. The summed E-state index contributed by atoms with van der Waals surface area (Å²) >= 11 is 6.03. The largest absolute Gasteiger partial charge is 0.411 e. The zero-order valence-corrected chi connectivity index (χ0v) is 16.1. The van der Waals surface area contributed by atoms with Crippen LogP contribution in [0.15, 0.2) is 54.6 Å². The maximum absolute atomic E-state index is 12.6. The molecule has 1 aromatic heterocycles. The monoisotopic (exact) mass is 423 g/mol. The molecule has 3 aromatic rings. The Morgan fingerprint density at radius 1 is 1.17 bits per heavy atom. The number of nitrogens with zero attached hydrogens (tertiary/aromatic N) is 2. The van der Waals surface area contributed by atoms with Crippen LogP contribution >= 0.6 is 11.6 Å². The predicted molar refractivity (Wildman–Crippen MR) is 103 cm³/mol. The van der Waals surface area contributed by atoms with Gasteiger partial charge in [0.05, 0.1) is 18.0 Å². The van der Waals surface area contributed by atoms with Crippen LogP contribution in [-0.2, 0) is 11.3 Å². The fourth-order valence-electron chi connectivity index (χ4n) is 2.62. The average Bonchev–Trinajstić information content (AvgIpc) is 3.01. The molecule has 152 valence electrons. The molecule has 1 N–H and O–H groups in total. The van der Waals surface area contributed by atoms with Crippen LogP contribution < -0.4 is 5.32 Å². The molecule has 5 nitrogen and oxygen atoms in total. The van der Waals surface area contributed by atoms with E-state index in [1.165, 1.54) is 12.1 Å². The third kappa shape index (κ3) is 5.82. The van der Waals surface area contributed by atoms with E-state index >= 15 is 0 Å². The van der Waals surface area contributed by atoms with Crippen LogP contribution in [0.2, 0.25) is 5.02 Å². The maximum Gasteiger partial charge on any atom is 0.411 e. The predicted octanol–water partition coefficient (Wildman–Crippen LogP) is 5.17. The highest BCUT2D eigenvalue weighted by Gasteiger charge is 2.27. The van der Waals surface area contributed by atoms with E-state index in [-0.39, 0.29) is 12.5 Å². The molecular formula is C20H17ClF3N3O2. The Hall–Kier alpha value is -2.84. The van der Waals surface area contributed by atoms with Crippen molar-refractivity contribution in [2.24, 2.45) is 0 Å². The summed E-state index contributed by atoms with van der Waals surface area (Å²) < 4.78 is 42.5.